The molecule has 0 aliphatic rings. The van der Waals surface area contributed by atoms with Gasteiger partial charge < -0.3 is 25.8 Å². The van der Waals surface area contributed by atoms with Gasteiger partial charge in [0, 0.05) is 5.54 Å². The van der Waals surface area contributed by atoms with E-state index in [1.54, 1.807) is 20.8 Å². The second kappa shape index (κ2) is 12.0. The number of amides is 3. The molecule has 0 bridgehead atoms. The van der Waals surface area contributed by atoms with E-state index in [4.69, 9.17) is 4.74 Å². The Morgan fingerprint density at radius 1 is 0.939 bits per heavy atom. The van der Waals surface area contributed by atoms with Crippen LogP contribution >= 0.6 is 0 Å². The molecule has 1 aromatic carbocycles. The van der Waals surface area contributed by atoms with Gasteiger partial charge in [-0.1, -0.05) is 44.2 Å². The maximum absolute atomic E-state index is 13.2. The molecule has 0 aromatic heterocycles. The fraction of sp³-hybridized carbons (Fsp3) is 0.640. The first-order valence-corrected chi connectivity index (χ1v) is 11.4. The predicted octanol–water partition coefficient (Wildman–Crippen LogP) is 2.93. The molecular formula is C25H41N3O5. The van der Waals surface area contributed by atoms with E-state index in [9.17, 15) is 19.5 Å². The highest BCUT2D eigenvalue weighted by Gasteiger charge is 2.33. The zero-order valence-corrected chi connectivity index (χ0v) is 21.2. The lowest BCUT2D eigenvalue weighted by molar-refractivity contribution is -0.134. The average Bonchev–Trinajstić information content (AvgIpc) is 2.63. The fourth-order valence-corrected chi connectivity index (χ4v) is 3.17. The van der Waals surface area contributed by atoms with E-state index in [0.29, 0.717) is 6.42 Å². The van der Waals surface area contributed by atoms with Crippen molar-refractivity contribution < 1.29 is 24.2 Å². The van der Waals surface area contributed by atoms with E-state index < -0.39 is 47.2 Å². The number of hydrogen-bond acceptors (Lipinski definition) is 5. The minimum absolute atomic E-state index is 0.109. The van der Waals surface area contributed by atoms with Crippen LogP contribution in [0.1, 0.15) is 67.4 Å². The number of nitrogens with one attached hydrogen (secondary N) is 3. The Balaban J connectivity index is 3.08. The number of benzene rings is 1. The van der Waals surface area contributed by atoms with Crippen LogP contribution in [0.15, 0.2) is 30.3 Å². The van der Waals surface area contributed by atoms with Crippen molar-refractivity contribution in [3.05, 3.63) is 35.9 Å². The molecule has 3 amide bonds. The molecule has 0 saturated carbocycles. The third kappa shape index (κ3) is 11.7. The highest BCUT2D eigenvalue weighted by atomic mass is 16.6. The SMILES string of the molecule is CC(C)C[C@H](NC(=O)OC(C)(C)C)C(=O)NC(Cc1ccccc1)C(O)C(=O)NC(C)(C)C. The van der Waals surface area contributed by atoms with Gasteiger partial charge in [0.05, 0.1) is 6.04 Å². The molecule has 2 unspecified atom stereocenters. The first-order valence-electron chi connectivity index (χ1n) is 11.4. The van der Waals surface area contributed by atoms with Gasteiger partial charge in [-0.05, 0) is 65.9 Å². The average molecular weight is 464 g/mol. The lowest BCUT2D eigenvalue weighted by atomic mass is 9.97. The van der Waals surface area contributed by atoms with E-state index in [0.717, 1.165) is 5.56 Å². The molecule has 33 heavy (non-hydrogen) atoms. The van der Waals surface area contributed by atoms with Crippen LogP contribution in [0.4, 0.5) is 4.79 Å². The molecule has 0 aliphatic heterocycles. The molecule has 8 heteroatoms. The third-order valence-corrected chi connectivity index (χ3v) is 4.49. The highest BCUT2D eigenvalue weighted by molar-refractivity contribution is 5.87. The van der Waals surface area contributed by atoms with Gasteiger partial charge in [0.25, 0.3) is 5.91 Å². The van der Waals surface area contributed by atoms with Crippen molar-refractivity contribution in [1.29, 1.82) is 0 Å². The van der Waals surface area contributed by atoms with Crippen LogP contribution in [0.25, 0.3) is 0 Å². The van der Waals surface area contributed by atoms with Crippen molar-refractivity contribution in [2.75, 3.05) is 0 Å². The number of ether oxygens (including phenoxy) is 1. The fourth-order valence-electron chi connectivity index (χ4n) is 3.17. The van der Waals surface area contributed by atoms with Crippen molar-refractivity contribution in [1.82, 2.24) is 16.0 Å². The van der Waals surface area contributed by atoms with Crippen LogP contribution in [0.2, 0.25) is 0 Å². The Hall–Kier alpha value is -2.61. The number of hydrogen-bond donors (Lipinski definition) is 4. The van der Waals surface area contributed by atoms with Crippen molar-refractivity contribution in [2.45, 2.75) is 97.6 Å². The molecule has 1 aromatic rings. The molecule has 0 heterocycles. The van der Waals surface area contributed by atoms with Crippen molar-refractivity contribution in [2.24, 2.45) is 5.92 Å². The summed E-state index contributed by atoms with van der Waals surface area (Å²) in [5.41, 5.74) is -0.399. The summed E-state index contributed by atoms with van der Waals surface area (Å²) in [4.78, 5) is 38.1. The Kier molecular flexibility index (Phi) is 10.4. The maximum atomic E-state index is 13.2. The van der Waals surface area contributed by atoms with E-state index in [1.165, 1.54) is 0 Å². The molecule has 0 fully saturated rings. The van der Waals surface area contributed by atoms with Crippen LogP contribution in [0.5, 0.6) is 0 Å². The molecule has 186 valence electrons. The minimum Gasteiger partial charge on any atom is -0.444 e. The smallest absolute Gasteiger partial charge is 0.408 e. The van der Waals surface area contributed by atoms with Crippen LogP contribution in [0, 0.1) is 5.92 Å². The molecule has 0 spiro atoms. The van der Waals surface area contributed by atoms with Gasteiger partial charge in [0.1, 0.15) is 11.6 Å². The molecular weight excluding hydrogens is 422 g/mol. The summed E-state index contributed by atoms with van der Waals surface area (Å²) in [5, 5.41) is 19.0. The molecule has 1 rings (SSSR count). The van der Waals surface area contributed by atoms with Crippen LogP contribution < -0.4 is 16.0 Å². The highest BCUT2D eigenvalue weighted by Crippen LogP contribution is 2.12. The summed E-state index contributed by atoms with van der Waals surface area (Å²) in [6, 6.07) is 7.51. The zero-order chi connectivity index (χ0) is 25.4. The standard InChI is InChI=1S/C25H41N3O5/c1-16(2)14-19(27-23(32)33-25(6,7)8)21(30)26-18(15-17-12-10-9-11-13-17)20(29)22(31)28-24(3,4)5/h9-13,16,18-20,29H,14-15H2,1-8H3,(H,26,30)(H,27,32)(H,28,31)/t18?,19-,20?/m0/s1. The van der Waals surface area contributed by atoms with Gasteiger partial charge in [-0.2, -0.15) is 0 Å². The minimum atomic E-state index is -1.48. The van der Waals surface area contributed by atoms with Crippen molar-refractivity contribution in [3.8, 4) is 0 Å². The number of aliphatic hydroxyl groups excluding tert-OH is 1. The van der Waals surface area contributed by atoms with Crippen LogP contribution in [-0.2, 0) is 20.7 Å². The zero-order valence-electron chi connectivity index (χ0n) is 21.2. The molecule has 3 atom stereocenters. The summed E-state index contributed by atoms with van der Waals surface area (Å²) >= 11 is 0. The second-order valence-corrected chi connectivity index (χ2v) is 10.8. The number of carbonyl (C=O) groups is 3. The van der Waals surface area contributed by atoms with Gasteiger partial charge in [-0.3, -0.25) is 9.59 Å². The lowest BCUT2D eigenvalue weighted by Gasteiger charge is -2.30. The van der Waals surface area contributed by atoms with Crippen LogP contribution in [-0.4, -0.2) is 52.3 Å². The Labute approximate surface area is 197 Å². The van der Waals surface area contributed by atoms with E-state index in [-0.39, 0.29) is 12.3 Å². The molecule has 4 N–H and O–H groups in total. The molecule has 8 nitrogen and oxygen atoms in total. The second-order valence-electron chi connectivity index (χ2n) is 10.8. The van der Waals surface area contributed by atoms with Gasteiger partial charge in [0.2, 0.25) is 5.91 Å². The summed E-state index contributed by atoms with van der Waals surface area (Å²) in [5.74, 6) is -0.959. The quantitative estimate of drug-likeness (QED) is 0.449. The number of rotatable bonds is 9. The third-order valence-electron chi connectivity index (χ3n) is 4.49. The lowest BCUT2D eigenvalue weighted by Crippen LogP contribution is -2.58. The summed E-state index contributed by atoms with van der Waals surface area (Å²) in [6.45, 7) is 14.5. The molecule has 0 saturated heterocycles. The van der Waals surface area contributed by atoms with Gasteiger partial charge >= 0.3 is 6.09 Å². The number of aliphatic hydroxyl groups is 1. The topological polar surface area (TPSA) is 117 Å². The van der Waals surface area contributed by atoms with Crippen molar-refractivity contribution in [3.63, 3.8) is 0 Å². The Morgan fingerprint density at radius 3 is 2.00 bits per heavy atom. The summed E-state index contributed by atoms with van der Waals surface area (Å²) in [6.07, 6.45) is -1.57. The van der Waals surface area contributed by atoms with E-state index in [1.807, 2.05) is 65.0 Å². The van der Waals surface area contributed by atoms with Crippen LogP contribution in [0.3, 0.4) is 0 Å². The predicted molar refractivity (Wildman–Crippen MR) is 129 cm³/mol. The maximum Gasteiger partial charge on any atom is 0.408 e. The largest absolute Gasteiger partial charge is 0.444 e. The Bertz CT molecular complexity index is 781. The molecule has 0 radical (unpaired) electrons. The van der Waals surface area contributed by atoms with Gasteiger partial charge in [0.15, 0.2) is 6.10 Å². The number of alkyl carbamates (subject to hydrolysis) is 1. The monoisotopic (exact) mass is 463 g/mol. The van der Waals surface area contributed by atoms with Gasteiger partial charge in [-0.15, -0.1) is 0 Å². The first-order chi connectivity index (χ1) is 15.1. The normalized spacial score (nSPS) is 14.7. The van der Waals surface area contributed by atoms with E-state index in [2.05, 4.69) is 16.0 Å². The first kappa shape index (κ1) is 28.4. The molecule has 0 aliphatic carbocycles. The Morgan fingerprint density at radius 2 is 1.52 bits per heavy atom. The summed E-state index contributed by atoms with van der Waals surface area (Å²) in [7, 11) is 0. The summed E-state index contributed by atoms with van der Waals surface area (Å²) < 4.78 is 5.30. The van der Waals surface area contributed by atoms with E-state index >= 15 is 0 Å². The number of carbonyl (C=O) groups excluding carboxylic acids is 3. The van der Waals surface area contributed by atoms with Gasteiger partial charge in [-0.25, -0.2) is 4.79 Å². The van der Waals surface area contributed by atoms with Crippen molar-refractivity contribution >= 4 is 17.9 Å².